The van der Waals surface area contributed by atoms with Crippen LogP contribution in [0.15, 0.2) is 4.99 Å². The lowest BCUT2D eigenvalue weighted by Crippen LogP contribution is -2.50. The highest BCUT2D eigenvalue weighted by Crippen LogP contribution is 2.29. The molecule has 82 valence electrons. The number of hydrogen-bond acceptors (Lipinski definition) is 2. The normalized spacial score (nSPS) is 34.0. The summed E-state index contributed by atoms with van der Waals surface area (Å²) in [7, 11) is 1.74. The molecule has 0 aromatic heterocycles. The Bertz CT molecular complexity index is 202. The number of hydrazine groups is 1. The fourth-order valence-corrected chi connectivity index (χ4v) is 2.13. The Kier molecular flexibility index (Phi) is 4.20. The lowest BCUT2D eigenvalue weighted by Gasteiger charge is -2.35. The third kappa shape index (κ3) is 2.61. The van der Waals surface area contributed by atoms with Gasteiger partial charge >= 0.3 is 0 Å². The van der Waals surface area contributed by atoms with Crippen molar-refractivity contribution in [3.8, 4) is 0 Å². The Morgan fingerprint density at radius 1 is 1.36 bits per heavy atom. The molecule has 0 aliphatic heterocycles. The van der Waals surface area contributed by atoms with Crippen LogP contribution in [0.1, 0.15) is 33.1 Å². The van der Waals surface area contributed by atoms with Crippen molar-refractivity contribution in [2.24, 2.45) is 22.7 Å². The molecule has 1 aliphatic rings. The fourth-order valence-electron chi connectivity index (χ4n) is 2.13. The molecule has 4 N–H and O–H groups in total. The first-order valence-corrected chi connectivity index (χ1v) is 5.39. The zero-order valence-electron chi connectivity index (χ0n) is 9.38. The van der Waals surface area contributed by atoms with Crippen molar-refractivity contribution in [3.63, 3.8) is 0 Å². The largest absolute Gasteiger partial charge is 0.352 e. The summed E-state index contributed by atoms with van der Waals surface area (Å²) >= 11 is 0. The topological polar surface area (TPSA) is 62.4 Å². The molecular formula is C10H22N4. The van der Waals surface area contributed by atoms with Crippen molar-refractivity contribution in [2.45, 2.75) is 39.2 Å². The van der Waals surface area contributed by atoms with Crippen molar-refractivity contribution < 1.29 is 0 Å². The minimum atomic E-state index is 0.508. The van der Waals surface area contributed by atoms with Crippen LogP contribution >= 0.6 is 0 Å². The van der Waals surface area contributed by atoms with Gasteiger partial charge in [-0.3, -0.25) is 10.4 Å². The summed E-state index contributed by atoms with van der Waals surface area (Å²) in [6, 6.07) is 0.508. The Balaban J connectivity index is 2.50. The van der Waals surface area contributed by atoms with Crippen molar-refractivity contribution in [3.05, 3.63) is 0 Å². The molecule has 14 heavy (non-hydrogen) atoms. The minimum absolute atomic E-state index is 0.508. The first-order chi connectivity index (χ1) is 6.69. The van der Waals surface area contributed by atoms with E-state index in [0.717, 1.165) is 5.92 Å². The summed E-state index contributed by atoms with van der Waals surface area (Å²) in [5.74, 6) is 7.51. The molecule has 0 saturated heterocycles. The molecule has 4 nitrogen and oxygen atoms in total. The van der Waals surface area contributed by atoms with Crippen LogP contribution in [0, 0.1) is 11.8 Å². The standard InChI is InChI=1S/C10H22N4/c1-7-5-4-6-9(8(7)2)13-10(12-3)14-11/h7-9H,4-6,11H2,1-3H3,(H2,12,13,14). The van der Waals surface area contributed by atoms with Crippen LogP contribution < -0.4 is 16.6 Å². The quantitative estimate of drug-likeness (QED) is 0.253. The van der Waals surface area contributed by atoms with E-state index in [1.807, 2.05) is 0 Å². The molecule has 4 heteroatoms. The van der Waals surface area contributed by atoms with Gasteiger partial charge in [-0.1, -0.05) is 26.7 Å². The molecular weight excluding hydrogens is 176 g/mol. The summed E-state index contributed by atoms with van der Waals surface area (Å²) in [5.41, 5.74) is 2.57. The average molecular weight is 198 g/mol. The van der Waals surface area contributed by atoms with Crippen molar-refractivity contribution in [2.75, 3.05) is 7.05 Å². The summed E-state index contributed by atoms with van der Waals surface area (Å²) in [6.07, 6.45) is 3.85. The average Bonchev–Trinajstić information content (AvgIpc) is 2.20. The summed E-state index contributed by atoms with van der Waals surface area (Å²) in [6.45, 7) is 4.61. The highest BCUT2D eigenvalue weighted by molar-refractivity contribution is 5.79. The first kappa shape index (κ1) is 11.3. The SMILES string of the molecule is CN=C(NN)NC1CCCC(C)C1C. The zero-order chi connectivity index (χ0) is 10.6. The van der Waals surface area contributed by atoms with E-state index < -0.39 is 0 Å². The lowest BCUT2D eigenvalue weighted by atomic mass is 9.78. The summed E-state index contributed by atoms with van der Waals surface area (Å²) in [4.78, 5) is 4.03. The second kappa shape index (κ2) is 5.20. The number of aliphatic imine (C=N–C) groups is 1. The second-order valence-corrected chi connectivity index (χ2v) is 4.23. The van der Waals surface area contributed by atoms with Crippen LogP contribution in [-0.2, 0) is 0 Å². The van der Waals surface area contributed by atoms with Crippen LogP contribution in [0.5, 0.6) is 0 Å². The van der Waals surface area contributed by atoms with E-state index in [1.54, 1.807) is 7.05 Å². The number of hydrogen-bond donors (Lipinski definition) is 3. The van der Waals surface area contributed by atoms with Crippen LogP contribution in [0.2, 0.25) is 0 Å². The van der Waals surface area contributed by atoms with Crippen LogP contribution in [0.3, 0.4) is 0 Å². The van der Waals surface area contributed by atoms with Crippen LogP contribution in [0.4, 0.5) is 0 Å². The number of guanidine groups is 1. The van der Waals surface area contributed by atoms with Gasteiger partial charge in [0.05, 0.1) is 0 Å². The van der Waals surface area contributed by atoms with E-state index in [9.17, 15) is 0 Å². The Labute approximate surface area is 86.3 Å². The summed E-state index contributed by atoms with van der Waals surface area (Å²) in [5, 5.41) is 3.35. The smallest absolute Gasteiger partial charge is 0.205 e. The van der Waals surface area contributed by atoms with Gasteiger partial charge in [0.1, 0.15) is 0 Å². The van der Waals surface area contributed by atoms with Crippen molar-refractivity contribution >= 4 is 5.96 Å². The fraction of sp³-hybridized carbons (Fsp3) is 0.900. The molecule has 0 aromatic rings. The van der Waals surface area contributed by atoms with Crippen molar-refractivity contribution in [1.29, 1.82) is 0 Å². The maximum Gasteiger partial charge on any atom is 0.205 e. The van der Waals surface area contributed by atoms with Gasteiger partial charge in [-0.25, -0.2) is 5.84 Å². The Morgan fingerprint density at radius 2 is 2.07 bits per heavy atom. The molecule has 0 amide bonds. The second-order valence-electron chi connectivity index (χ2n) is 4.23. The first-order valence-electron chi connectivity index (χ1n) is 5.39. The van der Waals surface area contributed by atoms with E-state index in [-0.39, 0.29) is 0 Å². The van der Waals surface area contributed by atoms with Gasteiger partial charge in [-0.2, -0.15) is 0 Å². The minimum Gasteiger partial charge on any atom is -0.352 e. The lowest BCUT2D eigenvalue weighted by molar-refractivity contribution is 0.224. The highest BCUT2D eigenvalue weighted by atomic mass is 15.3. The Morgan fingerprint density at radius 3 is 2.64 bits per heavy atom. The van der Waals surface area contributed by atoms with E-state index in [2.05, 4.69) is 29.6 Å². The molecule has 3 unspecified atom stereocenters. The molecule has 1 saturated carbocycles. The highest BCUT2D eigenvalue weighted by Gasteiger charge is 2.27. The van der Waals surface area contributed by atoms with E-state index in [0.29, 0.717) is 17.9 Å². The van der Waals surface area contributed by atoms with Gasteiger partial charge in [0.2, 0.25) is 5.96 Å². The predicted octanol–water partition coefficient (Wildman–Crippen LogP) is 0.850. The van der Waals surface area contributed by atoms with Gasteiger partial charge in [0.15, 0.2) is 0 Å². The van der Waals surface area contributed by atoms with E-state index >= 15 is 0 Å². The van der Waals surface area contributed by atoms with E-state index in [4.69, 9.17) is 5.84 Å². The van der Waals surface area contributed by atoms with Gasteiger partial charge in [0.25, 0.3) is 0 Å². The van der Waals surface area contributed by atoms with Gasteiger partial charge in [0, 0.05) is 13.1 Å². The molecule has 0 heterocycles. The van der Waals surface area contributed by atoms with Gasteiger partial charge in [-0.05, 0) is 18.3 Å². The number of nitrogens with two attached hydrogens (primary N) is 1. The third-order valence-electron chi connectivity index (χ3n) is 3.39. The molecule has 0 aromatic carbocycles. The molecule has 1 aliphatic carbocycles. The maximum absolute atomic E-state index is 5.34. The molecule has 0 radical (unpaired) electrons. The maximum atomic E-state index is 5.34. The molecule has 0 spiro atoms. The zero-order valence-corrected chi connectivity index (χ0v) is 9.38. The van der Waals surface area contributed by atoms with Gasteiger partial charge < -0.3 is 5.32 Å². The molecule has 1 rings (SSSR count). The van der Waals surface area contributed by atoms with E-state index in [1.165, 1.54) is 19.3 Å². The van der Waals surface area contributed by atoms with Gasteiger partial charge in [-0.15, -0.1) is 0 Å². The molecule has 1 fully saturated rings. The predicted molar refractivity (Wildman–Crippen MR) is 59.8 cm³/mol. The van der Waals surface area contributed by atoms with Crippen LogP contribution in [-0.4, -0.2) is 19.0 Å². The van der Waals surface area contributed by atoms with Crippen molar-refractivity contribution in [1.82, 2.24) is 10.7 Å². The monoisotopic (exact) mass is 198 g/mol. The molecule has 3 atom stereocenters. The van der Waals surface area contributed by atoms with Crippen LogP contribution in [0.25, 0.3) is 0 Å². The number of rotatable bonds is 1. The molecule has 0 bridgehead atoms. The third-order valence-corrected chi connectivity index (χ3v) is 3.39. The Hall–Kier alpha value is -0.770. The number of nitrogens with zero attached hydrogens (tertiary/aromatic N) is 1. The summed E-state index contributed by atoms with van der Waals surface area (Å²) < 4.78 is 0. The number of nitrogens with one attached hydrogen (secondary N) is 2.